The van der Waals surface area contributed by atoms with Crippen molar-refractivity contribution in [2.24, 2.45) is 0 Å². The van der Waals surface area contributed by atoms with Gasteiger partial charge in [0, 0.05) is 17.1 Å². The minimum absolute atomic E-state index is 0. The van der Waals surface area contributed by atoms with Gasteiger partial charge >= 0.3 is 11.9 Å². The molecule has 0 aromatic heterocycles. The Morgan fingerprint density at radius 3 is 1.07 bits per heavy atom. The van der Waals surface area contributed by atoms with Gasteiger partial charge in [-0.15, -0.1) is 0 Å². The van der Waals surface area contributed by atoms with Crippen LogP contribution < -0.4 is 0 Å². The Hall–Kier alpha value is -0.701. The van der Waals surface area contributed by atoms with Crippen LogP contribution >= 0.6 is 0 Å². The molecule has 9 heteroatoms. The molecule has 0 rings (SSSR count). The third-order valence-electron chi connectivity index (χ3n) is 1.50. The summed E-state index contributed by atoms with van der Waals surface area (Å²) in [6.45, 7) is 0. The van der Waals surface area contributed by atoms with E-state index in [0.717, 1.165) is 0 Å². The molecule has 8 nitrogen and oxygen atoms in total. The minimum atomic E-state index is -2.36. The van der Waals surface area contributed by atoms with Gasteiger partial charge in [0.1, 0.15) is 12.2 Å². The summed E-state index contributed by atoms with van der Waals surface area (Å²) < 4.78 is 0. The molecule has 0 saturated heterocycles. The third kappa shape index (κ3) is 4.56. The number of hydrogen-bond acceptors (Lipinski definition) is 6. The molecule has 1 radical (unpaired) electrons. The standard InChI is InChI=1S/C6H10O8.Mn/c7-1(3(9)5(11)12)2(8)4(10)6(13)14;/h1-4,7-10H,(H,11,12)(H,13,14);/t1-,2+,3-,4-;/m1./s1. The summed E-state index contributed by atoms with van der Waals surface area (Å²) in [5, 5.41) is 51.5. The molecule has 0 aliphatic rings. The molecule has 0 unspecified atom stereocenters. The number of carbonyl (C=O) groups is 2. The van der Waals surface area contributed by atoms with E-state index < -0.39 is 36.4 Å². The van der Waals surface area contributed by atoms with Crippen molar-refractivity contribution < 1.29 is 57.3 Å². The molecular formula is C6H10MnO8. The van der Waals surface area contributed by atoms with Crippen LogP contribution in [0.5, 0.6) is 0 Å². The molecule has 15 heavy (non-hydrogen) atoms. The van der Waals surface area contributed by atoms with Crippen LogP contribution in [0.25, 0.3) is 0 Å². The molecule has 6 N–H and O–H groups in total. The molecule has 0 heterocycles. The molecule has 0 amide bonds. The second kappa shape index (κ2) is 6.72. The predicted molar refractivity (Wildman–Crippen MR) is 39.3 cm³/mol. The second-order valence-corrected chi connectivity index (χ2v) is 2.55. The van der Waals surface area contributed by atoms with Crippen LogP contribution in [0, 0.1) is 0 Å². The molecule has 0 aromatic rings. The number of carboxylic acids is 2. The molecule has 0 saturated carbocycles. The number of hydrogen-bond donors (Lipinski definition) is 6. The summed E-state index contributed by atoms with van der Waals surface area (Å²) in [5.74, 6) is -3.68. The van der Waals surface area contributed by atoms with E-state index in [1.165, 1.54) is 0 Å². The first-order valence-electron chi connectivity index (χ1n) is 3.47. The van der Waals surface area contributed by atoms with E-state index in [1.54, 1.807) is 0 Å². The summed E-state index contributed by atoms with van der Waals surface area (Å²) in [6.07, 6.45) is -9.28. The fourth-order valence-corrected chi connectivity index (χ4v) is 0.666. The maximum absolute atomic E-state index is 10.1. The number of rotatable bonds is 5. The van der Waals surface area contributed by atoms with E-state index in [-0.39, 0.29) is 17.1 Å². The molecule has 89 valence electrons. The average molecular weight is 265 g/mol. The zero-order chi connectivity index (χ0) is 11.5. The van der Waals surface area contributed by atoms with Gasteiger partial charge in [0.05, 0.1) is 0 Å². The van der Waals surface area contributed by atoms with Gasteiger partial charge in [0.2, 0.25) is 0 Å². The fourth-order valence-electron chi connectivity index (χ4n) is 0.666. The Morgan fingerprint density at radius 2 is 0.933 bits per heavy atom. The van der Waals surface area contributed by atoms with Crippen molar-refractivity contribution in [1.82, 2.24) is 0 Å². The Kier molecular flexibility index (Phi) is 7.49. The largest absolute Gasteiger partial charge is 0.479 e. The summed E-state index contributed by atoms with van der Waals surface area (Å²) in [6, 6.07) is 0. The predicted octanol–water partition coefficient (Wildman–Crippen LogP) is -3.40. The Balaban J connectivity index is 0. The van der Waals surface area contributed by atoms with Gasteiger partial charge in [-0.3, -0.25) is 0 Å². The number of aliphatic carboxylic acids is 2. The molecule has 0 spiro atoms. The second-order valence-electron chi connectivity index (χ2n) is 2.55. The number of aliphatic hydroxyl groups is 4. The van der Waals surface area contributed by atoms with E-state index in [9.17, 15) is 9.59 Å². The van der Waals surface area contributed by atoms with Crippen molar-refractivity contribution in [2.75, 3.05) is 0 Å². The summed E-state index contributed by atoms with van der Waals surface area (Å²) in [7, 11) is 0. The van der Waals surface area contributed by atoms with Gasteiger partial charge < -0.3 is 30.6 Å². The first kappa shape index (κ1) is 16.7. The number of carboxylic acid groups (broad SMARTS) is 2. The SMILES string of the molecule is O=C(O)[C@H](O)[C@H](O)[C@H](O)[C@@H](O)C(=O)O.[Mn]. The number of aliphatic hydroxyl groups excluding tert-OH is 4. The quantitative estimate of drug-likeness (QED) is 0.281. The van der Waals surface area contributed by atoms with E-state index >= 15 is 0 Å². The topological polar surface area (TPSA) is 156 Å². The van der Waals surface area contributed by atoms with Crippen LogP contribution in [0.4, 0.5) is 0 Å². The van der Waals surface area contributed by atoms with Gasteiger partial charge in [0.25, 0.3) is 0 Å². The molecule has 0 aliphatic heterocycles. The minimum Gasteiger partial charge on any atom is -0.479 e. The Bertz CT molecular complexity index is 207. The first-order valence-corrected chi connectivity index (χ1v) is 3.47. The van der Waals surface area contributed by atoms with Gasteiger partial charge in [0.15, 0.2) is 12.2 Å². The summed E-state index contributed by atoms with van der Waals surface area (Å²) >= 11 is 0. The van der Waals surface area contributed by atoms with Gasteiger partial charge in [-0.05, 0) is 0 Å². The van der Waals surface area contributed by atoms with Crippen molar-refractivity contribution >= 4 is 11.9 Å². The molecule has 0 aliphatic carbocycles. The zero-order valence-corrected chi connectivity index (χ0v) is 8.37. The molecule has 4 atom stereocenters. The fraction of sp³-hybridized carbons (Fsp3) is 0.667. The van der Waals surface area contributed by atoms with Crippen LogP contribution in [0.15, 0.2) is 0 Å². The van der Waals surface area contributed by atoms with Gasteiger partial charge in [-0.25, -0.2) is 9.59 Å². The average Bonchev–Trinajstić information content (AvgIpc) is 2.12. The van der Waals surface area contributed by atoms with Crippen LogP contribution in [-0.2, 0) is 26.7 Å². The Morgan fingerprint density at radius 1 is 0.733 bits per heavy atom. The summed E-state index contributed by atoms with van der Waals surface area (Å²) in [5.41, 5.74) is 0. The Labute approximate surface area is 94.2 Å². The molecule has 0 aromatic carbocycles. The van der Waals surface area contributed by atoms with Crippen LogP contribution in [0.1, 0.15) is 0 Å². The van der Waals surface area contributed by atoms with E-state index in [4.69, 9.17) is 30.6 Å². The van der Waals surface area contributed by atoms with E-state index in [0.29, 0.717) is 0 Å². The van der Waals surface area contributed by atoms with Gasteiger partial charge in [-0.2, -0.15) is 0 Å². The monoisotopic (exact) mass is 265 g/mol. The van der Waals surface area contributed by atoms with Crippen molar-refractivity contribution in [2.45, 2.75) is 24.4 Å². The molecule has 0 bridgehead atoms. The van der Waals surface area contributed by atoms with Crippen molar-refractivity contribution in [1.29, 1.82) is 0 Å². The molecule has 0 fully saturated rings. The van der Waals surface area contributed by atoms with E-state index in [1.807, 2.05) is 0 Å². The van der Waals surface area contributed by atoms with Gasteiger partial charge in [-0.1, -0.05) is 0 Å². The normalized spacial score (nSPS) is 18.1. The van der Waals surface area contributed by atoms with Crippen molar-refractivity contribution in [3.8, 4) is 0 Å². The smallest absolute Gasteiger partial charge is 0.335 e. The first-order chi connectivity index (χ1) is 6.29. The van der Waals surface area contributed by atoms with Crippen LogP contribution in [0.2, 0.25) is 0 Å². The maximum Gasteiger partial charge on any atom is 0.335 e. The van der Waals surface area contributed by atoms with Crippen LogP contribution in [0.3, 0.4) is 0 Å². The van der Waals surface area contributed by atoms with Crippen LogP contribution in [-0.4, -0.2) is 67.0 Å². The summed E-state index contributed by atoms with van der Waals surface area (Å²) in [4.78, 5) is 20.2. The third-order valence-corrected chi connectivity index (χ3v) is 1.50. The van der Waals surface area contributed by atoms with Crippen molar-refractivity contribution in [3.05, 3.63) is 0 Å². The van der Waals surface area contributed by atoms with E-state index in [2.05, 4.69) is 0 Å². The molecular weight excluding hydrogens is 255 g/mol. The zero-order valence-electron chi connectivity index (χ0n) is 7.19. The van der Waals surface area contributed by atoms with Crippen molar-refractivity contribution in [3.63, 3.8) is 0 Å². The maximum atomic E-state index is 10.1.